The molecule has 1 fully saturated rings. The number of nitrogens with one attached hydrogen (secondary N) is 1. The van der Waals surface area contributed by atoms with Gasteiger partial charge in [0.05, 0.1) is 5.69 Å². The predicted molar refractivity (Wildman–Crippen MR) is 84.4 cm³/mol. The number of nitrogen functional groups attached to an aromatic ring is 1. The minimum absolute atomic E-state index is 0.120. The van der Waals surface area contributed by atoms with Crippen molar-refractivity contribution in [1.29, 1.82) is 0 Å². The monoisotopic (exact) mass is 305 g/mol. The van der Waals surface area contributed by atoms with Gasteiger partial charge in [-0.05, 0) is 32.4 Å². The molecule has 0 spiro atoms. The molecule has 3 heterocycles. The molecule has 112 valence electrons. The number of piperidine rings is 1. The van der Waals surface area contributed by atoms with Crippen molar-refractivity contribution in [2.75, 3.05) is 32.4 Å². The standard InChI is InChI=1S/C14H19N5OS/c1-19-6-2-3-9(8-19)7-18-13(20)12-10(15)11-14(21-12)17-5-4-16-11/h4-5,9H,2-3,6-8,15H2,1H3,(H,18,20). The minimum Gasteiger partial charge on any atom is -0.396 e. The molecule has 1 aliphatic heterocycles. The van der Waals surface area contributed by atoms with Gasteiger partial charge in [0.1, 0.15) is 15.2 Å². The highest BCUT2D eigenvalue weighted by molar-refractivity contribution is 7.21. The number of nitrogens with zero attached hydrogens (tertiary/aromatic N) is 3. The summed E-state index contributed by atoms with van der Waals surface area (Å²) < 4.78 is 0. The normalized spacial score (nSPS) is 19.8. The van der Waals surface area contributed by atoms with Gasteiger partial charge in [0.25, 0.3) is 5.91 Å². The predicted octanol–water partition coefficient (Wildman–Crippen LogP) is 1.35. The van der Waals surface area contributed by atoms with Gasteiger partial charge in [-0.15, -0.1) is 11.3 Å². The molecule has 2 aromatic heterocycles. The van der Waals surface area contributed by atoms with E-state index in [1.807, 2.05) is 0 Å². The van der Waals surface area contributed by atoms with Crippen LogP contribution in [-0.2, 0) is 0 Å². The molecular weight excluding hydrogens is 286 g/mol. The molecule has 1 saturated heterocycles. The lowest BCUT2D eigenvalue weighted by Gasteiger charge is -2.29. The summed E-state index contributed by atoms with van der Waals surface area (Å²) in [5.74, 6) is 0.394. The van der Waals surface area contributed by atoms with Crippen molar-refractivity contribution in [3.05, 3.63) is 17.3 Å². The molecule has 1 atom stereocenters. The van der Waals surface area contributed by atoms with Crippen molar-refractivity contribution in [2.45, 2.75) is 12.8 Å². The first-order valence-corrected chi connectivity index (χ1v) is 7.92. The zero-order chi connectivity index (χ0) is 14.8. The van der Waals surface area contributed by atoms with Crippen molar-refractivity contribution >= 4 is 33.3 Å². The molecule has 0 saturated carbocycles. The van der Waals surface area contributed by atoms with Crippen LogP contribution in [0.15, 0.2) is 12.4 Å². The Labute approximate surface area is 127 Å². The summed E-state index contributed by atoms with van der Waals surface area (Å²) >= 11 is 1.30. The van der Waals surface area contributed by atoms with E-state index in [4.69, 9.17) is 5.73 Å². The number of thiophene rings is 1. The highest BCUT2D eigenvalue weighted by Gasteiger charge is 2.21. The van der Waals surface area contributed by atoms with E-state index in [1.54, 1.807) is 12.4 Å². The zero-order valence-electron chi connectivity index (χ0n) is 12.0. The topological polar surface area (TPSA) is 84.1 Å². The number of hydrogen-bond acceptors (Lipinski definition) is 6. The molecule has 3 rings (SSSR count). The van der Waals surface area contributed by atoms with Crippen LogP contribution in [0.5, 0.6) is 0 Å². The highest BCUT2D eigenvalue weighted by Crippen LogP contribution is 2.30. The maximum Gasteiger partial charge on any atom is 0.263 e. The van der Waals surface area contributed by atoms with E-state index in [0.29, 0.717) is 33.4 Å². The fourth-order valence-corrected chi connectivity index (χ4v) is 3.71. The molecule has 0 radical (unpaired) electrons. The molecule has 7 heteroatoms. The third-order valence-corrected chi connectivity index (χ3v) is 4.94. The summed E-state index contributed by atoms with van der Waals surface area (Å²) in [7, 11) is 2.12. The van der Waals surface area contributed by atoms with E-state index >= 15 is 0 Å². The van der Waals surface area contributed by atoms with Crippen LogP contribution in [0.2, 0.25) is 0 Å². The Balaban J connectivity index is 1.68. The molecule has 2 aromatic rings. The fraction of sp³-hybridized carbons (Fsp3) is 0.500. The van der Waals surface area contributed by atoms with Gasteiger partial charge in [0, 0.05) is 25.5 Å². The van der Waals surface area contributed by atoms with Crippen LogP contribution >= 0.6 is 11.3 Å². The van der Waals surface area contributed by atoms with E-state index in [0.717, 1.165) is 19.5 Å². The first-order valence-electron chi connectivity index (χ1n) is 7.11. The minimum atomic E-state index is -0.120. The van der Waals surface area contributed by atoms with E-state index in [-0.39, 0.29) is 5.91 Å². The number of anilines is 1. The van der Waals surface area contributed by atoms with Crippen LogP contribution in [0.25, 0.3) is 10.3 Å². The summed E-state index contributed by atoms with van der Waals surface area (Å²) in [5, 5.41) is 3.00. The molecule has 1 amide bonds. The van der Waals surface area contributed by atoms with Crippen LogP contribution in [0.4, 0.5) is 5.69 Å². The lowest BCUT2D eigenvalue weighted by Crippen LogP contribution is -2.39. The van der Waals surface area contributed by atoms with Crippen molar-refractivity contribution in [3.63, 3.8) is 0 Å². The Bertz CT molecular complexity index is 656. The zero-order valence-corrected chi connectivity index (χ0v) is 12.8. The SMILES string of the molecule is CN1CCCC(CNC(=O)c2sc3nccnc3c2N)C1. The van der Waals surface area contributed by atoms with Gasteiger partial charge < -0.3 is 16.0 Å². The van der Waals surface area contributed by atoms with E-state index in [9.17, 15) is 4.79 Å². The maximum atomic E-state index is 12.3. The van der Waals surface area contributed by atoms with Gasteiger partial charge in [-0.1, -0.05) is 0 Å². The molecule has 0 aliphatic carbocycles. The summed E-state index contributed by atoms with van der Waals surface area (Å²) in [5.41, 5.74) is 7.06. The third-order valence-electron chi connectivity index (χ3n) is 3.84. The number of nitrogens with two attached hydrogens (primary N) is 1. The molecule has 6 nitrogen and oxygen atoms in total. The summed E-state index contributed by atoms with van der Waals surface area (Å²) in [6.07, 6.45) is 5.55. The van der Waals surface area contributed by atoms with E-state index in [2.05, 4.69) is 27.2 Å². The summed E-state index contributed by atoms with van der Waals surface area (Å²) in [6.45, 7) is 2.87. The van der Waals surface area contributed by atoms with Gasteiger partial charge in [0.15, 0.2) is 0 Å². The number of fused-ring (bicyclic) bond motifs is 1. The quantitative estimate of drug-likeness (QED) is 0.894. The number of aromatic nitrogens is 2. The molecule has 21 heavy (non-hydrogen) atoms. The van der Waals surface area contributed by atoms with Crippen LogP contribution in [0.1, 0.15) is 22.5 Å². The first kappa shape index (κ1) is 14.2. The molecule has 3 N–H and O–H groups in total. The van der Waals surface area contributed by atoms with Gasteiger partial charge in [0.2, 0.25) is 0 Å². The van der Waals surface area contributed by atoms with Crippen molar-refractivity contribution < 1.29 is 4.79 Å². The smallest absolute Gasteiger partial charge is 0.263 e. The van der Waals surface area contributed by atoms with Crippen molar-refractivity contribution in [1.82, 2.24) is 20.2 Å². The van der Waals surface area contributed by atoms with Gasteiger partial charge in [-0.2, -0.15) is 0 Å². The number of amides is 1. The third kappa shape index (κ3) is 2.98. The molecule has 1 unspecified atom stereocenters. The second-order valence-electron chi connectivity index (χ2n) is 5.54. The van der Waals surface area contributed by atoms with E-state index in [1.165, 1.54) is 17.8 Å². The molecular formula is C14H19N5OS. The largest absolute Gasteiger partial charge is 0.396 e. The highest BCUT2D eigenvalue weighted by atomic mass is 32.1. The Morgan fingerprint density at radius 2 is 2.33 bits per heavy atom. The Morgan fingerprint density at radius 3 is 3.10 bits per heavy atom. The van der Waals surface area contributed by atoms with Crippen LogP contribution in [-0.4, -0.2) is 47.5 Å². The van der Waals surface area contributed by atoms with Crippen LogP contribution in [0, 0.1) is 5.92 Å². The Morgan fingerprint density at radius 1 is 1.52 bits per heavy atom. The van der Waals surface area contributed by atoms with Crippen LogP contribution < -0.4 is 11.1 Å². The first-order chi connectivity index (χ1) is 10.1. The lowest BCUT2D eigenvalue weighted by molar-refractivity contribution is 0.0941. The second-order valence-corrected chi connectivity index (χ2v) is 6.53. The number of hydrogen-bond donors (Lipinski definition) is 2. The number of rotatable bonds is 3. The molecule has 1 aliphatic rings. The van der Waals surface area contributed by atoms with Crippen molar-refractivity contribution in [2.24, 2.45) is 5.92 Å². The van der Waals surface area contributed by atoms with Crippen molar-refractivity contribution in [3.8, 4) is 0 Å². The molecule has 0 aromatic carbocycles. The second kappa shape index (κ2) is 5.95. The van der Waals surface area contributed by atoms with E-state index < -0.39 is 0 Å². The summed E-state index contributed by atoms with van der Waals surface area (Å²) in [4.78, 5) is 24.2. The lowest BCUT2D eigenvalue weighted by atomic mass is 9.98. The number of carbonyl (C=O) groups is 1. The average molecular weight is 305 g/mol. The number of carbonyl (C=O) groups excluding carboxylic acids is 1. The maximum absolute atomic E-state index is 12.3. The average Bonchev–Trinajstić information content (AvgIpc) is 2.83. The van der Waals surface area contributed by atoms with Gasteiger partial charge in [-0.3, -0.25) is 4.79 Å². The number of likely N-dealkylation sites (tertiary alicyclic amines) is 1. The molecule has 0 bridgehead atoms. The Hall–Kier alpha value is -1.73. The summed E-state index contributed by atoms with van der Waals surface area (Å²) in [6, 6.07) is 0. The van der Waals surface area contributed by atoms with Gasteiger partial charge >= 0.3 is 0 Å². The van der Waals surface area contributed by atoms with Crippen LogP contribution in [0.3, 0.4) is 0 Å². The Kier molecular flexibility index (Phi) is 4.03. The fourth-order valence-electron chi connectivity index (χ4n) is 2.77. The van der Waals surface area contributed by atoms with Gasteiger partial charge in [-0.25, -0.2) is 9.97 Å².